The predicted octanol–water partition coefficient (Wildman–Crippen LogP) is 5.43. The van der Waals surface area contributed by atoms with E-state index in [1.165, 1.54) is 24.3 Å². The Balaban J connectivity index is 1.38. The summed E-state index contributed by atoms with van der Waals surface area (Å²) in [6.45, 7) is 1.95. The van der Waals surface area contributed by atoms with Crippen molar-refractivity contribution >= 4 is 23.2 Å². The van der Waals surface area contributed by atoms with Gasteiger partial charge in [-0.15, -0.1) is 0 Å². The standard InChI is InChI=1S/C30H26N4O4/c1-20-6-4-7-22(18-20)29-27-10-5-17-31(27)25-8-2-3-9-26(25)33(29)28(35)19-32(23-15-16-23)30(36)21-11-13-24(14-12-21)34(37)38/h2-14,17-18,23,29H,15-16,19H2,1H3. The fraction of sp³-hybridized carbons (Fsp3) is 0.200. The third kappa shape index (κ3) is 4.14. The highest BCUT2D eigenvalue weighted by Gasteiger charge is 2.40. The molecular weight excluding hydrogens is 480 g/mol. The maximum absolute atomic E-state index is 14.2. The number of carbonyl (C=O) groups excluding carboxylic acids is 2. The van der Waals surface area contributed by atoms with E-state index in [4.69, 9.17) is 0 Å². The van der Waals surface area contributed by atoms with E-state index in [0.29, 0.717) is 5.56 Å². The van der Waals surface area contributed by atoms with Crippen LogP contribution < -0.4 is 4.90 Å². The summed E-state index contributed by atoms with van der Waals surface area (Å²) in [6, 6.07) is 25.1. The molecule has 1 fully saturated rings. The smallest absolute Gasteiger partial charge is 0.269 e. The summed E-state index contributed by atoms with van der Waals surface area (Å²) < 4.78 is 2.12. The number of benzene rings is 3. The van der Waals surface area contributed by atoms with Crippen LogP contribution in [0.5, 0.6) is 0 Å². The van der Waals surface area contributed by atoms with E-state index in [-0.39, 0.29) is 36.1 Å². The lowest BCUT2D eigenvalue weighted by atomic mass is 9.96. The van der Waals surface area contributed by atoms with Crippen LogP contribution in [0.2, 0.25) is 0 Å². The van der Waals surface area contributed by atoms with Crippen LogP contribution in [0.25, 0.3) is 5.69 Å². The van der Waals surface area contributed by atoms with Crippen molar-refractivity contribution in [3.63, 3.8) is 0 Å². The summed E-state index contributed by atoms with van der Waals surface area (Å²) in [4.78, 5) is 41.7. The molecule has 0 radical (unpaired) electrons. The second-order valence-corrected chi connectivity index (χ2v) is 9.84. The molecule has 2 heterocycles. The maximum atomic E-state index is 14.2. The summed E-state index contributed by atoms with van der Waals surface area (Å²) in [5.41, 5.74) is 5.01. The molecule has 0 saturated heterocycles. The molecule has 1 atom stereocenters. The van der Waals surface area contributed by atoms with Gasteiger partial charge in [-0.05, 0) is 61.7 Å². The summed E-state index contributed by atoms with van der Waals surface area (Å²) in [5.74, 6) is -0.477. The van der Waals surface area contributed by atoms with Crippen LogP contribution in [0.3, 0.4) is 0 Å². The highest BCUT2D eigenvalue weighted by molar-refractivity contribution is 6.03. The first-order valence-corrected chi connectivity index (χ1v) is 12.6. The molecule has 0 spiro atoms. The van der Waals surface area contributed by atoms with Gasteiger partial charge in [-0.2, -0.15) is 0 Å². The minimum atomic E-state index is -0.495. The van der Waals surface area contributed by atoms with Gasteiger partial charge in [0, 0.05) is 29.9 Å². The number of amides is 2. The van der Waals surface area contributed by atoms with Crippen molar-refractivity contribution in [2.75, 3.05) is 11.4 Å². The molecule has 38 heavy (non-hydrogen) atoms. The number of para-hydroxylation sites is 2. The van der Waals surface area contributed by atoms with E-state index >= 15 is 0 Å². The number of carbonyl (C=O) groups is 2. The molecule has 190 valence electrons. The van der Waals surface area contributed by atoms with Crippen LogP contribution in [0, 0.1) is 17.0 Å². The van der Waals surface area contributed by atoms with Crippen molar-refractivity contribution in [2.45, 2.75) is 31.8 Å². The predicted molar refractivity (Wildman–Crippen MR) is 143 cm³/mol. The van der Waals surface area contributed by atoms with Gasteiger partial charge >= 0.3 is 0 Å². The highest BCUT2D eigenvalue weighted by Crippen LogP contribution is 2.42. The van der Waals surface area contributed by atoms with Gasteiger partial charge in [-0.3, -0.25) is 24.6 Å². The van der Waals surface area contributed by atoms with Gasteiger partial charge < -0.3 is 9.47 Å². The van der Waals surface area contributed by atoms with E-state index in [0.717, 1.165) is 41.0 Å². The van der Waals surface area contributed by atoms with Crippen LogP contribution in [0.15, 0.2) is 91.1 Å². The number of rotatable bonds is 6. The normalized spacial score (nSPS) is 15.9. The van der Waals surface area contributed by atoms with Crippen LogP contribution in [0.1, 0.15) is 46.1 Å². The highest BCUT2D eigenvalue weighted by atomic mass is 16.6. The monoisotopic (exact) mass is 506 g/mol. The lowest BCUT2D eigenvalue weighted by molar-refractivity contribution is -0.384. The summed E-state index contributed by atoms with van der Waals surface area (Å²) in [7, 11) is 0. The van der Waals surface area contributed by atoms with Gasteiger partial charge in [0.25, 0.3) is 11.6 Å². The Morgan fingerprint density at radius 2 is 1.68 bits per heavy atom. The minimum Gasteiger partial charge on any atom is -0.326 e. The van der Waals surface area contributed by atoms with E-state index in [1.807, 2.05) is 72.6 Å². The van der Waals surface area contributed by atoms with E-state index < -0.39 is 4.92 Å². The fourth-order valence-electron chi connectivity index (χ4n) is 5.28. The number of anilines is 1. The first-order chi connectivity index (χ1) is 18.4. The molecule has 1 aromatic heterocycles. The van der Waals surface area contributed by atoms with Crippen LogP contribution in [0.4, 0.5) is 11.4 Å². The number of nitro benzene ring substituents is 1. The summed E-state index contributed by atoms with van der Waals surface area (Å²) in [6.07, 6.45) is 3.66. The third-order valence-electron chi connectivity index (χ3n) is 7.23. The first-order valence-electron chi connectivity index (χ1n) is 12.6. The van der Waals surface area contributed by atoms with Gasteiger partial charge in [0.15, 0.2) is 0 Å². The molecule has 2 aliphatic rings. The molecule has 0 N–H and O–H groups in total. The third-order valence-corrected chi connectivity index (χ3v) is 7.23. The summed E-state index contributed by atoms with van der Waals surface area (Å²) in [5, 5.41) is 11.1. The number of aromatic nitrogens is 1. The van der Waals surface area contributed by atoms with Crippen molar-refractivity contribution < 1.29 is 14.5 Å². The second-order valence-electron chi connectivity index (χ2n) is 9.84. The molecule has 1 saturated carbocycles. The van der Waals surface area contributed by atoms with Crippen molar-refractivity contribution in [1.29, 1.82) is 0 Å². The quantitative estimate of drug-likeness (QED) is 0.258. The zero-order valence-electron chi connectivity index (χ0n) is 20.9. The molecule has 8 nitrogen and oxygen atoms in total. The molecule has 2 amide bonds. The van der Waals surface area contributed by atoms with E-state index in [2.05, 4.69) is 10.6 Å². The topological polar surface area (TPSA) is 88.7 Å². The Morgan fingerprint density at radius 3 is 2.37 bits per heavy atom. The Bertz CT molecular complexity index is 1550. The lowest BCUT2D eigenvalue weighted by Crippen LogP contribution is -2.47. The average molecular weight is 507 g/mol. The first kappa shape index (κ1) is 23.7. The number of non-ortho nitro benzene ring substituents is 1. The SMILES string of the molecule is Cc1cccc(C2c3cccn3-c3ccccc3N2C(=O)CN(C(=O)c2ccc([N+](=O)[O-])cc2)C2CC2)c1. The Morgan fingerprint density at radius 1 is 0.947 bits per heavy atom. The largest absolute Gasteiger partial charge is 0.326 e. The molecule has 6 rings (SSSR count). The zero-order valence-corrected chi connectivity index (χ0v) is 20.9. The fourth-order valence-corrected chi connectivity index (χ4v) is 5.28. The van der Waals surface area contributed by atoms with Crippen molar-refractivity contribution in [1.82, 2.24) is 9.47 Å². The molecule has 8 heteroatoms. The van der Waals surface area contributed by atoms with Gasteiger partial charge in [0.1, 0.15) is 12.6 Å². The summed E-state index contributed by atoms with van der Waals surface area (Å²) >= 11 is 0. The Labute approximate surface area is 219 Å². The molecule has 3 aromatic carbocycles. The minimum absolute atomic E-state index is 0.0250. The molecule has 1 unspecified atom stereocenters. The van der Waals surface area contributed by atoms with Crippen molar-refractivity contribution in [2.24, 2.45) is 0 Å². The molecule has 0 bridgehead atoms. The molecule has 1 aliphatic heterocycles. The van der Waals surface area contributed by atoms with Crippen molar-refractivity contribution in [3.8, 4) is 5.69 Å². The Kier molecular flexibility index (Phi) is 5.79. The average Bonchev–Trinajstić information content (AvgIpc) is 3.65. The number of fused-ring (bicyclic) bond motifs is 3. The van der Waals surface area contributed by atoms with Crippen LogP contribution in [-0.2, 0) is 4.79 Å². The number of hydrogen-bond acceptors (Lipinski definition) is 4. The molecular formula is C30H26N4O4. The van der Waals surface area contributed by atoms with Gasteiger partial charge in [-0.25, -0.2) is 0 Å². The lowest BCUT2D eigenvalue weighted by Gasteiger charge is -2.39. The maximum Gasteiger partial charge on any atom is 0.269 e. The van der Waals surface area contributed by atoms with E-state index in [9.17, 15) is 19.7 Å². The van der Waals surface area contributed by atoms with Crippen molar-refractivity contribution in [3.05, 3.63) is 124 Å². The van der Waals surface area contributed by atoms with Gasteiger partial charge in [0.05, 0.1) is 22.0 Å². The molecule has 4 aromatic rings. The van der Waals surface area contributed by atoms with Crippen LogP contribution >= 0.6 is 0 Å². The van der Waals surface area contributed by atoms with Gasteiger partial charge in [-0.1, -0.05) is 42.0 Å². The van der Waals surface area contributed by atoms with Crippen LogP contribution in [-0.4, -0.2) is 38.8 Å². The Hall–Kier alpha value is -4.72. The number of aryl methyl sites for hydroxylation is 1. The zero-order chi connectivity index (χ0) is 26.4. The number of nitro groups is 1. The number of nitrogens with zero attached hydrogens (tertiary/aromatic N) is 4. The van der Waals surface area contributed by atoms with Gasteiger partial charge in [0.2, 0.25) is 5.91 Å². The van der Waals surface area contributed by atoms with E-state index in [1.54, 1.807) is 4.90 Å². The molecule has 1 aliphatic carbocycles. The number of hydrogen-bond donors (Lipinski definition) is 0. The second kappa shape index (κ2) is 9.30.